The molecule has 0 bridgehead atoms. The third-order valence-corrected chi connectivity index (χ3v) is 5.25. The fourth-order valence-corrected chi connectivity index (χ4v) is 3.72. The van der Waals surface area contributed by atoms with E-state index in [1.807, 2.05) is 6.92 Å². The Bertz CT molecular complexity index is 666. The molecule has 2 aromatic rings. The van der Waals surface area contributed by atoms with E-state index in [1.165, 1.54) is 22.5 Å². The first-order valence-electron chi connectivity index (χ1n) is 8.01. The van der Waals surface area contributed by atoms with Gasteiger partial charge in [0.15, 0.2) is 0 Å². The number of nitrogens with zero attached hydrogens (tertiary/aromatic N) is 1. The molecule has 1 aliphatic heterocycles. The van der Waals surface area contributed by atoms with E-state index in [0.29, 0.717) is 17.3 Å². The van der Waals surface area contributed by atoms with Gasteiger partial charge in [-0.25, -0.2) is 4.98 Å². The van der Waals surface area contributed by atoms with Crippen LogP contribution < -0.4 is 5.32 Å². The van der Waals surface area contributed by atoms with Gasteiger partial charge in [0.1, 0.15) is 4.88 Å². The predicted molar refractivity (Wildman–Crippen MR) is 91.8 cm³/mol. The predicted octanol–water partition coefficient (Wildman–Crippen LogP) is 3.66. The van der Waals surface area contributed by atoms with Crippen LogP contribution in [0.15, 0.2) is 29.8 Å². The fourth-order valence-electron chi connectivity index (χ4n) is 3.00. The number of amides is 1. The molecule has 1 N–H and O–H groups in total. The van der Waals surface area contributed by atoms with Gasteiger partial charge in [0.05, 0.1) is 17.3 Å². The molecule has 0 unspecified atom stereocenters. The molecule has 5 heteroatoms. The topological polar surface area (TPSA) is 51.2 Å². The summed E-state index contributed by atoms with van der Waals surface area (Å²) in [5, 5.41) is 3.06. The zero-order valence-electron chi connectivity index (χ0n) is 13.5. The number of carbonyl (C=O) groups is 1. The van der Waals surface area contributed by atoms with E-state index in [4.69, 9.17) is 4.74 Å². The molecule has 23 heavy (non-hydrogen) atoms. The highest BCUT2D eigenvalue weighted by Gasteiger charge is 2.28. The van der Waals surface area contributed by atoms with Crippen LogP contribution in [0.2, 0.25) is 0 Å². The minimum Gasteiger partial charge on any atom is -0.373 e. The molecule has 1 aromatic heterocycles. The summed E-state index contributed by atoms with van der Waals surface area (Å²) >= 11 is 1.39. The molecular formula is C18H22N2O2S. The number of benzene rings is 1. The molecule has 1 aromatic carbocycles. The minimum absolute atomic E-state index is 0.0294. The summed E-state index contributed by atoms with van der Waals surface area (Å²) in [4.78, 5) is 17.1. The first-order chi connectivity index (χ1) is 11.1. The number of thiazole rings is 1. The van der Waals surface area contributed by atoms with Crippen LogP contribution in [0.3, 0.4) is 0 Å². The molecule has 0 aliphatic carbocycles. The van der Waals surface area contributed by atoms with E-state index in [-0.39, 0.29) is 12.0 Å². The third kappa shape index (κ3) is 3.79. The van der Waals surface area contributed by atoms with Crippen LogP contribution in [0, 0.1) is 19.8 Å². The molecule has 0 spiro atoms. The van der Waals surface area contributed by atoms with Crippen LogP contribution >= 0.6 is 11.3 Å². The number of carbonyl (C=O) groups excluding carboxylic acids is 1. The number of hydrogen-bond donors (Lipinski definition) is 1. The maximum atomic E-state index is 12.3. The van der Waals surface area contributed by atoms with Crippen molar-refractivity contribution >= 4 is 17.2 Å². The van der Waals surface area contributed by atoms with Crippen molar-refractivity contribution in [3.63, 3.8) is 0 Å². The summed E-state index contributed by atoms with van der Waals surface area (Å²) in [6.07, 6.45) is 2.18. The van der Waals surface area contributed by atoms with Gasteiger partial charge >= 0.3 is 0 Å². The van der Waals surface area contributed by atoms with E-state index in [1.54, 1.807) is 5.51 Å². The molecule has 0 radical (unpaired) electrons. The van der Waals surface area contributed by atoms with Crippen molar-refractivity contribution in [3.8, 4) is 0 Å². The highest BCUT2D eigenvalue weighted by atomic mass is 32.1. The van der Waals surface area contributed by atoms with E-state index >= 15 is 0 Å². The van der Waals surface area contributed by atoms with Crippen molar-refractivity contribution < 1.29 is 9.53 Å². The van der Waals surface area contributed by atoms with Crippen molar-refractivity contribution in [2.45, 2.75) is 32.8 Å². The Hall–Kier alpha value is -1.72. The number of aryl methyl sites for hydroxylation is 2. The zero-order valence-corrected chi connectivity index (χ0v) is 14.4. The average Bonchev–Trinajstić information content (AvgIpc) is 3.00. The summed E-state index contributed by atoms with van der Waals surface area (Å²) in [6, 6.07) is 8.49. The number of nitrogens with one attached hydrogen (secondary N) is 1. The number of aromatic nitrogens is 1. The molecule has 2 atom stereocenters. The Morgan fingerprint density at radius 2 is 2.13 bits per heavy atom. The molecule has 0 saturated carbocycles. The molecular weight excluding hydrogens is 308 g/mol. The lowest BCUT2D eigenvalue weighted by atomic mass is 9.89. The number of rotatable bonds is 4. The third-order valence-electron chi connectivity index (χ3n) is 4.33. The van der Waals surface area contributed by atoms with Gasteiger partial charge in [0.25, 0.3) is 5.91 Å². The van der Waals surface area contributed by atoms with Crippen molar-refractivity contribution in [2.75, 3.05) is 13.2 Å². The first-order valence-corrected chi connectivity index (χ1v) is 8.89. The molecule has 3 rings (SSSR count). The number of ether oxygens (including phenoxy) is 1. The van der Waals surface area contributed by atoms with Gasteiger partial charge < -0.3 is 10.1 Å². The second kappa shape index (κ2) is 7.23. The minimum atomic E-state index is -0.0294. The van der Waals surface area contributed by atoms with Gasteiger partial charge in [0, 0.05) is 19.1 Å². The monoisotopic (exact) mass is 330 g/mol. The van der Waals surface area contributed by atoms with E-state index < -0.39 is 0 Å². The lowest BCUT2D eigenvalue weighted by Crippen LogP contribution is -2.35. The lowest BCUT2D eigenvalue weighted by molar-refractivity contribution is -0.0272. The summed E-state index contributed by atoms with van der Waals surface area (Å²) in [6.45, 7) is 5.37. The van der Waals surface area contributed by atoms with Gasteiger partial charge in [-0.1, -0.05) is 29.8 Å². The molecule has 1 saturated heterocycles. The van der Waals surface area contributed by atoms with E-state index in [2.05, 4.69) is 41.5 Å². The smallest absolute Gasteiger partial charge is 0.263 e. The summed E-state index contributed by atoms with van der Waals surface area (Å²) in [5.41, 5.74) is 4.95. The normalized spacial score (nSPS) is 21.1. The Labute approximate surface area is 140 Å². The maximum absolute atomic E-state index is 12.3. The first kappa shape index (κ1) is 16.1. The highest BCUT2D eigenvalue weighted by molar-refractivity contribution is 7.11. The van der Waals surface area contributed by atoms with Crippen molar-refractivity contribution in [1.29, 1.82) is 0 Å². The summed E-state index contributed by atoms with van der Waals surface area (Å²) < 4.78 is 6.00. The van der Waals surface area contributed by atoms with Crippen LogP contribution in [-0.2, 0) is 4.74 Å². The number of hydrogen-bond acceptors (Lipinski definition) is 4. The molecule has 122 valence electrons. The highest BCUT2D eigenvalue weighted by Crippen LogP contribution is 2.33. The Balaban J connectivity index is 1.66. The van der Waals surface area contributed by atoms with Gasteiger partial charge in [-0.15, -0.1) is 11.3 Å². The summed E-state index contributed by atoms with van der Waals surface area (Å²) in [7, 11) is 0. The van der Waals surface area contributed by atoms with Crippen LogP contribution in [0.5, 0.6) is 0 Å². The molecule has 1 fully saturated rings. The van der Waals surface area contributed by atoms with Gasteiger partial charge in [-0.05, 0) is 32.3 Å². The Morgan fingerprint density at radius 1 is 1.35 bits per heavy atom. The Morgan fingerprint density at radius 3 is 2.83 bits per heavy atom. The summed E-state index contributed by atoms with van der Waals surface area (Å²) in [5.74, 6) is 0.280. The van der Waals surface area contributed by atoms with Crippen LogP contribution in [0.1, 0.15) is 45.4 Å². The molecule has 4 nitrogen and oxygen atoms in total. The quantitative estimate of drug-likeness (QED) is 0.931. The second-order valence-electron chi connectivity index (χ2n) is 6.08. The van der Waals surface area contributed by atoms with Crippen LogP contribution in [0.25, 0.3) is 0 Å². The second-order valence-corrected chi connectivity index (χ2v) is 6.94. The standard InChI is InChI=1S/C18H22N2O2S/c1-12-5-7-14(8-6-12)16-15(4-3-9-22-16)10-19-18(21)17-13(2)20-11-23-17/h5-8,11,15-16H,3-4,9-10H2,1-2H3,(H,19,21)/t15-,16+/m0/s1. The van der Waals surface area contributed by atoms with Crippen LogP contribution in [-0.4, -0.2) is 24.0 Å². The zero-order chi connectivity index (χ0) is 16.2. The lowest BCUT2D eigenvalue weighted by Gasteiger charge is -2.32. The van der Waals surface area contributed by atoms with Gasteiger partial charge in [-0.3, -0.25) is 4.79 Å². The van der Waals surface area contributed by atoms with Crippen LogP contribution in [0.4, 0.5) is 0 Å². The van der Waals surface area contributed by atoms with Crippen molar-refractivity contribution in [3.05, 3.63) is 51.5 Å². The molecule has 1 amide bonds. The fraction of sp³-hybridized carbons (Fsp3) is 0.444. The average molecular weight is 330 g/mol. The largest absolute Gasteiger partial charge is 0.373 e. The SMILES string of the molecule is Cc1ccc([C@H]2OCCC[C@H]2CNC(=O)c2scnc2C)cc1. The van der Waals surface area contributed by atoms with E-state index in [9.17, 15) is 4.79 Å². The molecule has 2 heterocycles. The van der Waals surface area contributed by atoms with Gasteiger partial charge in [0.2, 0.25) is 0 Å². The van der Waals surface area contributed by atoms with Crippen molar-refractivity contribution in [2.24, 2.45) is 5.92 Å². The van der Waals surface area contributed by atoms with Crippen molar-refractivity contribution in [1.82, 2.24) is 10.3 Å². The van der Waals surface area contributed by atoms with E-state index in [0.717, 1.165) is 25.1 Å². The Kier molecular flexibility index (Phi) is 5.08. The maximum Gasteiger partial charge on any atom is 0.263 e. The molecule has 1 aliphatic rings. The van der Waals surface area contributed by atoms with Gasteiger partial charge in [-0.2, -0.15) is 0 Å².